The molecule has 0 saturated heterocycles. The SMILES string of the molecule is Cc1cc([C@@H](C)N)ccc1OCCS(C)(=O)=O. The minimum Gasteiger partial charge on any atom is -0.492 e. The zero-order chi connectivity index (χ0) is 13.1. The summed E-state index contributed by atoms with van der Waals surface area (Å²) in [4.78, 5) is 0. The van der Waals surface area contributed by atoms with Crippen LogP contribution in [0.2, 0.25) is 0 Å². The predicted molar refractivity (Wildman–Crippen MR) is 69.0 cm³/mol. The molecule has 0 saturated carbocycles. The molecule has 96 valence electrons. The van der Waals surface area contributed by atoms with Gasteiger partial charge in [-0.15, -0.1) is 0 Å². The fourth-order valence-corrected chi connectivity index (χ4v) is 1.81. The maximum Gasteiger partial charge on any atom is 0.150 e. The van der Waals surface area contributed by atoms with Crippen LogP contribution in [0.4, 0.5) is 0 Å². The molecule has 0 aliphatic rings. The molecule has 0 unspecified atom stereocenters. The Labute approximate surface area is 103 Å². The summed E-state index contributed by atoms with van der Waals surface area (Å²) in [5.74, 6) is 0.736. The predicted octanol–water partition coefficient (Wildman–Crippen LogP) is 1.44. The van der Waals surface area contributed by atoms with Gasteiger partial charge in [-0.2, -0.15) is 0 Å². The summed E-state index contributed by atoms with van der Waals surface area (Å²) in [7, 11) is -2.97. The fourth-order valence-electron chi connectivity index (χ4n) is 1.42. The quantitative estimate of drug-likeness (QED) is 0.866. The van der Waals surface area contributed by atoms with E-state index in [0.29, 0.717) is 5.75 Å². The van der Waals surface area contributed by atoms with Gasteiger partial charge in [0.1, 0.15) is 12.4 Å². The van der Waals surface area contributed by atoms with Crippen molar-refractivity contribution in [2.75, 3.05) is 18.6 Å². The molecule has 0 radical (unpaired) electrons. The molecular weight excluding hydrogens is 238 g/mol. The first-order valence-corrected chi connectivity index (χ1v) is 7.52. The van der Waals surface area contributed by atoms with Gasteiger partial charge in [0.15, 0.2) is 9.84 Å². The van der Waals surface area contributed by atoms with E-state index in [4.69, 9.17) is 10.5 Å². The van der Waals surface area contributed by atoms with Gasteiger partial charge < -0.3 is 10.5 Å². The lowest BCUT2D eigenvalue weighted by atomic mass is 10.1. The van der Waals surface area contributed by atoms with Crippen molar-refractivity contribution in [3.63, 3.8) is 0 Å². The second-order valence-electron chi connectivity index (χ2n) is 4.29. The highest BCUT2D eigenvalue weighted by Crippen LogP contribution is 2.21. The number of ether oxygens (including phenoxy) is 1. The minimum atomic E-state index is -2.97. The molecule has 0 aliphatic heterocycles. The van der Waals surface area contributed by atoms with Crippen molar-refractivity contribution in [1.29, 1.82) is 0 Å². The van der Waals surface area contributed by atoms with Crippen LogP contribution >= 0.6 is 0 Å². The van der Waals surface area contributed by atoms with Crippen molar-refractivity contribution >= 4 is 9.84 Å². The summed E-state index contributed by atoms with van der Waals surface area (Å²) < 4.78 is 27.3. The molecule has 4 nitrogen and oxygen atoms in total. The van der Waals surface area contributed by atoms with Gasteiger partial charge in [0.2, 0.25) is 0 Å². The normalized spacial score (nSPS) is 13.4. The highest BCUT2D eigenvalue weighted by Gasteiger charge is 2.06. The van der Waals surface area contributed by atoms with E-state index in [1.165, 1.54) is 6.26 Å². The van der Waals surface area contributed by atoms with Gasteiger partial charge >= 0.3 is 0 Å². The van der Waals surface area contributed by atoms with Crippen molar-refractivity contribution < 1.29 is 13.2 Å². The van der Waals surface area contributed by atoms with Gasteiger partial charge in [-0.1, -0.05) is 12.1 Å². The molecule has 0 heterocycles. The number of hydrogen-bond acceptors (Lipinski definition) is 4. The number of benzene rings is 1. The summed E-state index contributed by atoms with van der Waals surface area (Å²) in [6, 6.07) is 5.67. The molecule has 5 heteroatoms. The molecular formula is C12H19NO3S. The molecule has 0 amide bonds. The average Bonchev–Trinajstić information content (AvgIpc) is 2.18. The Hall–Kier alpha value is -1.07. The minimum absolute atomic E-state index is 0.0150. The number of nitrogens with two attached hydrogens (primary N) is 1. The van der Waals surface area contributed by atoms with Crippen LogP contribution in [0.3, 0.4) is 0 Å². The highest BCUT2D eigenvalue weighted by atomic mass is 32.2. The summed E-state index contributed by atoms with van der Waals surface area (Å²) >= 11 is 0. The third-order valence-corrected chi connectivity index (χ3v) is 3.34. The lowest BCUT2D eigenvalue weighted by molar-refractivity contribution is 0.338. The van der Waals surface area contributed by atoms with Gasteiger partial charge in [-0.3, -0.25) is 0 Å². The van der Waals surface area contributed by atoms with Crippen molar-refractivity contribution in [3.05, 3.63) is 29.3 Å². The van der Waals surface area contributed by atoms with Gasteiger partial charge in [0.25, 0.3) is 0 Å². The Morgan fingerprint density at radius 1 is 1.41 bits per heavy atom. The number of hydrogen-bond donors (Lipinski definition) is 1. The van der Waals surface area contributed by atoms with E-state index in [1.807, 2.05) is 32.0 Å². The third kappa shape index (κ3) is 4.75. The first-order valence-electron chi connectivity index (χ1n) is 5.46. The summed E-state index contributed by atoms with van der Waals surface area (Å²) in [6.45, 7) is 4.01. The van der Waals surface area contributed by atoms with Crippen LogP contribution in [0.15, 0.2) is 18.2 Å². The Morgan fingerprint density at radius 2 is 2.06 bits per heavy atom. The zero-order valence-electron chi connectivity index (χ0n) is 10.4. The van der Waals surface area contributed by atoms with E-state index in [-0.39, 0.29) is 18.4 Å². The van der Waals surface area contributed by atoms with Crippen LogP contribution in [0.25, 0.3) is 0 Å². The van der Waals surface area contributed by atoms with E-state index < -0.39 is 9.84 Å². The smallest absolute Gasteiger partial charge is 0.150 e. The standard InChI is InChI=1S/C12H19NO3S/c1-9-8-11(10(2)13)4-5-12(9)16-6-7-17(3,14)15/h4-5,8,10H,6-7,13H2,1-3H3/t10-/m1/s1. The van der Waals surface area contributed by atoms with Crippen LogP contribution < -0.4 is 10.5 Å². The summed E-state index contributed by atoms with van der Waals surface area (Å²) in [5.41, 5.74) is 7.78. The number of aryl methyl sites for hydroxylation is 1. The molecule has 1 aromatic carbocycles. The summed E-state index contributed by atoms with van der Waals surface area (Å²) in [6.07, 6.45) is 1.20. The van der Waals surface area contributed by atoms with E-state index in [0.717, 1.165) is 11.1 Å². The Kier molecular flexibility index (Phi) is 4.54. The van der Waals surface area contributed by atoms with Crippen molar-refractivity contribution in [1.82, 2.24) is 0 Å². The molecule has 0 fully saturated rings. The topological polar surface area (TPSA) is 69.4 Å². The number of rotatable bonds is 5. The zero-order valence-corrected chi connectivity index (χ0v) is 11.3. The van der Waals surface area contributed by atoms with Crippen molar-refractivity contribution in [2.24, 2.45) is 5.73 Å². The monoisotopic (exact) mass is 257 g/mol. The second kappa shape index (κ2) is 5.51. The van der Waals surface area contributed by atoms with Crippen LogP contribution in [0, 0.1) is 6.92 Å². The van der Waals surface area contributed by atoms with Gasteiger partial charge in [0, 0.05) is 12.3 Å². The lowest BCUT2D eigenvalue weighted by Gasteiger charge is -2.12. The maximum absolute atomic E-state index is 11.0. The molecule has 1 aromatic rings. The van der Waals surface area contributed by atoms with E-state index >= 15 is 0 Å². The van der Waals surface area contributed by atoms with Crippen LogP contribution in [0.1, 0.15) is 24.1 Å². The molecule has 1 atom stereocenters. The fraction of sp³-hybridized carbons (Fsp3) is 0.500. The molecule has 17 heavy (non-hydrogen) atoms. The van der Waals surface area contributed by atoms with E-state index in [1.54, 1.807) is 0 Å². The van der Waals surface area contributed by atoms with Crippen molar-refractivity contribution in [3.8, 4) is 5.75 Å². The molecule has 2 N–H and O–H groups in total. The van der Waals surface area contributed by atoms with Gasteiger partial charge in [-0.05, 0) is 31.0 Å². The molecule has 0 spiro atoms. The van der Waals surface area contributed by atoms with Crippen LogP contribution in [-0.4, -0.2) is 27.0 Å². The first kappa shape index (κ1) is 14.0. The largest absolute Gasteiger partial charge is 0.492 e. The first-order chi connectivity index (χ1) is 7.79. The Morgan fingerprint density at radius 3 is 2.53 bits per heavy atom. The molecule has 1 rings (SSSR count). The van der Waals surface area contributed by atoms with E-state index in [2.05, 4.69) is 0 Å². The second-order valence-corrected chi connectivity index (χ2v) is 6.55. The maximum atomic E-state index is 11.0. The lowest BCUT2D eigenvalue weighted by Crippen LogP contribution is -2.12. The Balaban J connectivity index is 2.67. The summed E-state index contributed by atoms with van der Waals surface area (Å²) in [5, 5.41) is 0. The van der Waals surface area contributed by atoms with Gasteiger partial charge in [0.05, 0.1) is 5.75 Å². The molecule has 0 aromatic heterocycles. The number of sulfone groups is 1. The van der Waals surface area contributed by atoms with Crippen LogP contribution in [-0.2, 0) is 9.84 Å². The van der Waals surface area contributed by atoms with E-state index in [9.17, 15) is 8.42 Å². The van der Waals surface area contributed by atoms with Crippen LogP contribution in [0.5, 0.6) is 5.75 Å². The van der Waals surface area contributed by atoms with Crippen molar-refractivity contribution in [2.45, 2.75) is 19.9 Å². The van der Waals surface area contributed by atoms with Gasteiger partial charge in [-0.25, -0.2) is 8.42 Å². The Bertz CT molecular complexity index is 481. The molecule has 0 aliphatic carbocycles. The average molecular weight is 257 g/mol. The molecule has 0 bridgehead atoms. The third-order valence-electron chi connectivity index (χ3n) is 2.44. The highest BCUT2D eigenvalue weighted by molar-refractivity contribution is 7.90.